The fraction of sp³-hybridized carbons (Fsp3) is 0.360. The summed E-state index contributed by atoms with van der Waals surface area (Å²) in [6.45, 7) is 4.95. The first-order valence-corrected chi connectivity index (χ1v) is 10.8. The van der Waals surface area contributed by atoms with E-state index in [4.69, 9.17) is 4.74 Å². The van der Waals surface area contributed by atoms with Crippen molar-refractivity contribution in [2.75, 3.05) is 25.5 Å². The standard InChI is InChI=1S/C25H31N3O3/c1-3-16-31-21-14-12-19(13-15-21)17-28(2)18-24(29)27-23-11-7-6-10-22(23)25(30)26-20-8-4-5-9-20/h3,6-7,10-15,20H,1,4-5,8-9,16-18H2,2H3,(H,26,30)(H,27,29). The largest absolute Gasteiger partial charge is 0.490 e. The molecule has 1 aliphatic rings. The number of anilines is 1. The Morgan fingerprint density at radius 2 is 1.84 bits per heavy atom. The highest BCUT2D eigenvalue weighted by Gasteiger charge is 2.20. The third-order valence-corrected chi connectivity index (χ3v) is 5.29. The van der Waals surface area contributed by atoms with Crippen LogP contribution in [0.25, 0.3) is 0 Å². The van der Waals surface area contributed by atoms with Crippen molar-refractivity contribution in [3.63, 3.8) is 0 Å². The van der Waals surface area contributed by atoms with Crippen LogP contribution >= 0.6 is 0 Å². The molecule has 0 saturated heterocycles. The lowest BCUT2D eigenvalue weighted by molar-refractivity contribution is -0.117. The normalized spacial score (nSPS) is 13.7. The van der Waals surface area contributed by atoms with E-state index in [0.29, 0.717) is 24.4 Å². The number of para-hydroxylation sites is 1. The molecule has 6 nitrogen and oxygen atoms in total. The highest BCUT2D eigenvalue weighted by Crippen LogP contribution is 2.20. The molecule has 3 rings (SSSR count). The molecule has 0 aliphatic heterocycles. The van der Waals surface area contributed by atoms with Gasteiger partial charge in [-0.05, 0) is 49.7 Å². The Balaban J connectivity index is 1.53. The molecule has 0 aromatic heterocycles. The predicted molar refractivity (Wildman–Crippen MR) is 123 cm³/mol. The average Bonchev–Trinajstić information content (AvgIpc) is 3.26. The lowest BCUT2D eigenvalue weighted by atomic mass is 10.1. The van der Waals surface area contributed by atoms with Gasteiger partial charge in [0.05, 0.1) is 17.8 Å². The van der Waals surface area contributed by atoms with E-state index >= 15 is 0 Å². The first-order valence-electron chi connectivity index (χ1n) is 10.8. The zero-order valence-corrected chi connectivity index (χ0v) is 18.1. The number of nitrogens with one attached hydrogen (secondary N) is 2. The summed E-state index contributed by atoms with van der Waals surface area (Å²) >= 11 is 0. The lowest BCUT2D eigenvalue weighted by Gasteiger charge is -2.18. The van der Waals surface area contributed by atoms with Crippen LogP contribution in [0.4, 0.5) is 5.69 Å². The number of nitrogens with zero attached hydrogens (tertiary/aromatic N) is 1. The number of rotatable bonds is 10. The van der Waals surface area contributed by atoms with Gasteiger partial charge in [0.1, 0.15) is 12.4 Å². The molecule has 164 valence electrons. The van der Waals surface area contributed by atoms with Crippen molar-refractivity contribution in [2.45, 2.75) is 38.3 Å². The molecule has 0 atom stereocenters. The van der Waals surface area contributed by atoms with E-state index in [-0.39, 0.29) is 24.4 Å². The number of benzene rings is 2. The summed E-state index contributed by atoms with van der Waals surface area (Å²) in [4.78, 5) is 27.2. The van der Waals surface area contributed by atoms with Gasteiger partial charge in [0.25, 0.3) is 5.91 Å². The number of ether oxygens (including phenoxy) is 1. The fourth-order valence-corrected chi connectivity index (χ4v) is 3.77. The number of carbonyl (C=O) groups is 2. The molecule has 0 spiro atoms. The molecule has 2 amide bonds. The number of amides is 2. The highest BCUT2D eigenvalue weighted by atomic mass is 16.5. The monoisotopic (exact) mass is 421 g/mol. The molecule has 31 heavy (non-hydrogen) atoms. The summed E-state index contributed by atoms with van der Waals surface area (Å²) in [6, 6.07) is 15.2. The Labute approximate surface area is 184 Å². The van der Waals surface area contributed by atoms with E-state index < -0.39 is 0 Å². The van der Waals surface area contributed by atoms with Gasteiger partial charge >= 0.3 is 0 Å². The summed E-state index contributed by atoms with van der Waals surface area (Å²) in [6.07, 6.45) is 6.05. The van der Waals surface area contributed by atoms with Crippen molar-refractivity contribution in [2.24, 2.45) is 0 Å². The Bertz CT molecular complexity index is 889. The van der Waals surface area contributed by atoms with Crippen LogP contribution in [0.3, 0.4) is 0 Å². The van der Waals surface area contributed by atoms with Crippen LogP contribution in [0, 0.1) is 0 Å². The molecule has 0 bridgehead atoms. The minimum Gasteiger partial charge on any atom is -0.490 e. The first kappa shape index (κ1) is 22.6. The van der Waals surface area contributed by atoms with Gasteiger partial charge in [-0.2, -0.15) is 0 Å². The Morgan fingerprint density at radius 3 is 2.55 bits per heavy atom. The Hall–Kier alpha value is -3.12. The number of likely N-dealkylation sites (N-methyl/N-ethyl adjacent to an activating group) is 1. The van der Waals surface area contributed by atoms with E-state index in [1.807, 2.05) is 48.3 Å². The maximum absolute atomic E-state index is 12.7. The minimum absolute atomic E-state index is 0.130. The van der Waals surface area contributed by atoms with Crippen LogP contribution < -0.4 is 15.4 Å². The summed E-state index contributed by atoms with van der Waals surface area (Å²) in [7, 11) is 1.89. The van der Waals surface area contributed by atoms with E-state index in [1.54, 1.807) is 18.2 Å². The summed E-state index contributed by atoms with van der Waals surface area (Å²) in [5.41, 5.74) is 2.12. The van der Waals surface area contributed by atoms with Crippen molar-refractivity contribution in [3.8, 4) is 5.75 Å². The molecule has 2 aromatic rings. The van der Waals surface area contributed by atoms with Crippen molar-refractivity contribution >= 4 is 17.5 Å². The molecule has 1 aliphatic carbocycles. The lowest BCUT2D eigenvalue weighted by Crippen LogP contribution is -2.34. The van der Waals surface area contributed by atoms with Crippen molar-refractivity contribution < 1.29 is 14.3 Å². The molecule has 0 heterocycles. The van der Waals surface area contributed by atoms with E-state index in [1.165, 1.54) is 0 Å². The summed E-state index contributed by atoms with van der Waals surface area (Å²) in [5, 5.41) is 5.98. The van der Waals surface area contributed by atoms with Gasteiger partial charge in [-0.25, -0.2) is 0 Å². The van der Waals surface area contributed by atoms with Gasteiger partial charge in [0.15, 0.2) is 0 Å². The Morgan fingerprint density at radius 1 is 1.13 bits per heavy atom. The van der Waals surface area contributed by atoms with Crippen LogP contribution in [0.5, 0.6) is 5.75 Å². The maximum atomic E-state index is 12.7. The van der Waals surface area contributed by atoms with Gasteiger partial charge in [0.2, 0.25) is 5.91 Å². The van der Waals surface area contributed by atoms with Gasteiger partial charge in [-0.1, -0.05) is 49.8 Å². The van der Waals surface area contributed by atoms with Crippen LogP contribution in [0.1, 0.15) is 41.6 Å². The van der Waals surface area contributed by atoms with Crippen molar-refractivity contribution in [3.05, 3.63) is 72.3 Å². The predicted octanol–water partition coefficient (Wildman–Crippen LogP) is 3.99. The molecule has 1 fully saturated rings. The zero-order valence-electron chi connectivity index (χ0n) is 18.1. The second-order valence-electron chi connectivity index (χ2n) is 7.96. The van der Waals surface area contributed by atoms with Gasteiger partial charge in [0, 0.05) is 12.6 Å². The summed E-state index contributed by atoms with van der Waals surface area (Å²) < 4.78 is 5.49. The molecular formula is C25H31N3O3. The molecule has 2 N–H and O–H groups in total. The molecule has 0 radical (unpaired) electrons. The average molecular weight is 422 g/mol. The fourth-order valence-electron chi connectivity index (χ4n) is 3.77. The molecule has 0 unspecified atom stereocenters. The quantitative estimate of drug-likeness (QED) is 0.569. The van der Waals surface area contributed by atoms with Crippen molar-refractivity contribution in [1.82, 2.24) is 10.2 Å². The second-order valence-corrected chi connectivity index (χ2v) is 7.96. The van der Waals surface area contributed by atoms with Gasteiger partial charge < -0.3 is 15.4 Å². The van der Waals surface area contributed by atoms with E-state index in [2.05, 4.69) is 17.2 Å². The van der Waals surface area contributed by atoms with Gasteiger partial charge in [-0.15, -0.1) is 0 Å². The van der Waals surface area contributed by atoms with E-state index in [0.717, 1.165) is 37.0 Å². The molecule has 6 heteroatoms. The minimum atomic E-state index is -0.158. The van der Waals surface area contributed by atoms with Crippen LogP contribution in [-0.2, 0) is 11.3 Å². The number of hydrogen-bond donors (Lipinski definition) is 2. The Kier molecular flexibility index (Phi) is 8.24. The smallest absolute Gasteiger partial charge is 0.253 e. The van der Waals surface area contributed by atoms with Crippen LogP contribution in [-0.4, -0.2) is 43.0 Å². The number of carbonyl (C=O) groups excluding carboxylic acids is 2. The van der Waals surface area contributed by atoms with Gasteiger partial charge in [-0.3, -0.25) is 14.5 Å². The molecular weight excluding hydrogens is 390 g/mol. The third-order valence-electron chi connectivity index (χ3n) is 5.29. The highest BCUT2D eigenvalue weighted by molar-refractivity contribution is 6.04. The SMILES string of the molecule is C=CCOc1ccc(CN(C)CC(=O)Nc2ccccc2C(=O)NC2CCCC2)cc1. The zero-order chi connectivity index (χ0) is 22.1. The molecule has 1 saturated carbocycles. The van der Waals surface area contributed by atoms with Crippen molar-refractivity contribution in [1.29, 1.82) is 0 Å². The van der Waals surface area contributed by atoms with Crippen LogP contribution in [0.2, 0.25) is 0 Å². The maximum Gasteiger partial charge on any atom is 0.253 e. The van der Waals surface area contributed by atoms with Crippen LogP contribution in [0.15, 0.2) is 61.2 Å². The summed E-state index contributed by atoms with van der Waals surface area (Å²) in [5.74, 6) is 0.501. The third kappa shape index (κ3) is 6.96. The number of hydrogen-bond acceptors (Lipinski definition) is 4. The van der Waals surface area contributed by atoms with E-state index in [9.17, 15) is 9.59 Å². The topological polar surface area (TPSA) is 70.7 Å². The molecule has 2 aromatic carbocycles. The first-order chi connectivity index (χ1) is 15.0. The second kappa shape index (κ2) is 11.3.